The van der Waals surface area contributed by atoms with Crippen molar-refractivity contribution in [3.8, 4) is 5.75 Å². The second-order valence-electron chi connectivity index (χ2n) is 33.1. The van der Waals surface area contributed by atoms with Crippen molar-refractivity contribution in [2.24, 2.45) is 22.9 Å². The third-order valence-electron chi connectivity index (χ3n) is 21.1. The van der Waals surface area contributed by atoms with E-state index in [0.717, 1.165) is 51.8 Å². The Morgan fingerprint density at radius 1 is 0.567 bits per heavy atom. The number of primary amides is 2. The highest BCUT2D eigenvalue weighted by Gasteiger charge is 2.47. The largest absolute Gasteiger partial charge is 0.492 e. The first-order valence-corrected chi connectivity index (χ1v) is 44.5. The predicted molar refractivity (Wildman–Crippen MR) is 480 cm³/mol. The lowest BCUT2D eigenvalue weighted by Crippen LogP contribution is -2.65. The number of nitrogens with one attached hydrogen (secondary N) is 15. The molecule has 0 unspecified atom stereocenters. The second kappa shape index (κ2) is 50.0. The molecule has 0 aliphatic carbocycles. The first-order valence-electron chi connectivity index (χ1n) is 42.3. The van der Waals surface area contributed by atoms with Crippen LogP contribution in [0.2, 0.25) is 0 Å². The number of Topliss-reactive ketones (excluding diaryl/α,β-unsaturated/α-hetero) is 1. The van der Waals surface area contributed by atoms with Crippen LogP contribution in [-0.4, -0.2) is 231 Å². The number of hydrogen-bond acceptors (Lipinski definition) is 23. The third-order valence-corrected chi connectivity index (χ3v) is 25.4. The molecular weight excluding hydrogens is 1680 g/mol. The number of unbranched alkanes of at least 4 members (excludes halogenated alkanes) is 3. The average Bonchev–Trinajstić information content (AvgIpc) is 1.77. The summed E-state index contributed by atoms with van der Waals surface area (Å²) in [5.74, 6) is -14.7. The summed E-state index contributed by atoms with van der Waals surface area (Å²) in [5.41, 5.74) is 23.9. The Morgan fingerprint density at radius 2 is 1.17 bits per heavy atom. The number of ether oxygens (including phenoxy) is 1. The fraction of sp³-hybridized carbons (Fsp3) is 0.529. The van der Waals surface area contributed by atoms with E-state index in [-0.39, 0.29) is 128 Å². The number of aliphatic hydroxyl groups is 1. The van der Waals surface area contributed by atoms with Gasteiger partial charge in [0, 0.05) is 99.2 Å². The number of carbonyl (C=O) groups is 17. The van der Waals surface area contributed by atoms with Crippen LogP contribution in [-0.2, 0) is 101 Å². The van der Waals surface area contributed by atoms with Crippen molar-refractivity contribution in [1.29, 1.82) is 0 Å². The summed E-state index contributed by atoms with van der Waals surface area (Å²) in [4.78, 5) is 245. The van der Waals surface area contributed by atoms with Crippen LogP contribution < -0.4 is 102 Å². The number of rotatable bonds is 43. The first-order chi connectivity index (χ1) is 59.9. The lowest BCUT2D eigenvalue weighted by Gasteiger charge is -2.39. The molecule has 1 saturated heterocycles. The summed E-state index contributed by atoms with van der Waals surface area (Å²) in [7, 11) is 1.82. The number of carbonyl (C=O) groups excluding carboxylic acids is 17. The van der Waals surface area contributed by atoms with Crippen molar-refractivity contribution in [3.63, 3.8) is 0 Å². The Hall–Kier alpha value is -11.8. The minimum atomic E-state index is -1.99. The van der Waals surface area contributed by atoms with Gasteiger partial charge in [-0.05, 0) is 165 Å². The minimum absolute atomic E-state index is 0.0766. The molecule has 2 heterocycles. The molecule has 16 amide bonds. The number of para-hydroxylation sites is 1. The SMILES string of the molecule is CC(=O)CCNC(=O)[C@H](CC(N)=O)NC(=O)[C@H](CCCCNC(C)=O)NC(=O)[C@](C)(CCCCN)NC(=O)[C@H](Cc1ccc2ccccc2c1)NC(=O)[C@H](Cc1ccc(OCCN)cc1)NC(=O)[C@H]1NC(=O)[C@H](CCCCNC(C)=O)NC(=O)[C@H](Cc2c[nH]c3c(C)cccc23)NC(=O)[C@H]([C@@H](C)O)NC(=O)[C@H](CC(N)=O)NC(=O)[C@@H](NC(C)=O)C(C)(C)SSC1(C)C. The standard InChI is InChI=1S/C87H125N19O19S2/c1-48-21-20-24-60-58(47-95-70(48)60)44-65-78(118)97-61(25-14-18-37-92-51(4)109)76(116)105-73(86(9,10)127-126-85(7,8)72(96-53(6)111)82(122)102-67(46-69(91)113)79(119)104-71(50(3)108)81(121)100-65)83(123)101-63(42-54-28-31-59(32-29-54)125-40-36-89)77(117)98-64(43-55-27-30-56-22-12-13-23-57(56)41-55)80(120)106-87(11,34-16-17-35-88)84(124)103-62(26-15-19-38-93-52(5)110)75(115)99-66(45-68(90)112)74(114)94-39-33-49(2)107/h12-13,20-24,27-32,41,47,50,61-67,71-73,95,108H,14-19,25-26,33-40,42-46,88-89H2,1-11H3,(H2,90,112)(H2,91,113)(H,92,109)(H,93,110)(H,94,114)(H,96,111)(H,97,118)(H,98,117)(H,99,115)(H,100,121)(H,101,123)(H,102,122)(H,103,124)(H,104,119)(H,105,116)(H,106,120)/t50-,61+,62+,63+,64+,65+,66+,67+,71+,72-,73-,87+/m1/s1. The lowest BCUT2D eigenvalue weighted by atomic mass is 9.91. The normalized spacial score (nSPS) is 19.1. The number of aromatic nitrogens is 1. The van der Waals surface area contributed by atoms with Gasteiger partial charge in [0.05, 0.1) is 18.9 Å². The minimum Gasteiger partial charge on any atom is -0.492 e. The van der Waals surface area contributed by atoms with Gasteiger partial charge in [-0.1, -0.05) is 94.4 Å². The number of aromatic amines is 1. The molecule has 127 heavy (non-hydrogen) atoms. The van der Waals surface area contributed by atoms with Crippen LogP contribution in [0.3, 0.4) is 0 Å². The summed E-state index contributed by atoms with van der Waals surface area (Å²) >= 11 is 0. The molecule has 0 spiro atoms. The Bertz CT molecular complexity index is 4740. The van der Waals surface area contributed by atoms with Crippen molar-refractivity contribution >= 4 is 144 Å². The van der Waals surface area contributed by atoms with Crippen LogP contribution in [0.4, 0.5) is 0 Å². The molecule has 12 atom stereocenters. The number of hydrogen-bond donors (Lipinski definition) is 20. The smallest absolute Gasteiger partial charge is 0.246 e. The molecule has 6 rings (SSSR count). The maximum absolute atomic E-state index is 16.3. The Labute approximate surface area is 745 Å². The van der Waals surface area contributed by atoms with Crippen LogP contribution >= 0.6 is 21.6 Å². The van der Waals surface area contributed by atoms with Gasteiger partial charge in [-0.2, -0.15) is 0 Å². The van der Waals surface area contributed by atoms with E-state index in [1.165, 1.54) is 55.4 Å². The summed E-state index contributed by atoms with van der Waals surface area (Å²) in [5, 5.41) is 51.0. The van der Waals surface area contributed by atoms with E-state index in [1.54, 1.807) is 66.9 Å². The van der Waals surface area contributed by atoms with Crippen molar-refractivity contribution in [3.05, 3.63) is 113 Å². The molecule has 4 aromatic carbocycles. The Kier molecular flexibility index (Phi) is 40.9. The summed E-state index contributed by atoms with van der Waals surface area (Å²) in [6.45, 7) is 16.1. The topological polar surface area (TPSA) is 608 Å². The molecule has 1 aromatic heterocycles. The highest BCUT2D eigenvalue weighted by molar-refractivity contribution is 8.77. The molecule has 38 nitrogen and oxygen atoms in total. The summed E-state index contributed by atoms with van der Waals surface area (Å²) < 4.78 is 2.59. The third kappa shape index (κ3) is 33.5. The van der Waals surface area contributed by atoms with Gasteiger partial charge in [0.1, 0.15) is 84.1 Å². The first kappa shape index (κ1) is 104. The van der Waals surface area contributed by atoms with E-state index in [1.807, 2.05) is 31.2 Å². The zero-order valence-electron chi connectivity index (χ0n) is 73.8. The van der Waals surface area contributed by atoms with Crippen molar-refractivity contribution < 1.29 is 91.4 Å². The number of benzene rings is 4. The van der Waals surface area contributed by atoms with E-state index in [4.69, 9.17) is 27.7 Å². The highest BCUT2D eigenvalue weighted by Crippen LogP contribution is 2.47. The van der Waals surface area contributed by atoms with Crippen LogP contribution in [0.1, 0.15) is 169 Å². The van der Waals surface area contributed by atoms with Crippen LogP contribution in [0.15, 0.2) is 91.1 Å². The number of ketones is 1. The maximum Gasteiger partial charge on any atom is 0.246 e. The van der Waals surface area contributed by atoms with E-state index in [2.05, 4.69) is 79.4 Å². The second-order valence-corrected chi connectivity index (χ2v) is 36.5. The van der Waals surface area contributed by atoms with Crippen LogP contribution in [0.25, 0.3) is 21.7 Å². The number of fused-ring (bicyclic) bond motifs is 2. The molecule has 5 aromatic rings. The number of aryl methyl sites for hydroxylation is 1. The van der Waals surface area contributed by atoms with Gasteiger partial charge in [0.25, 0.3) is 0 Å². The lowest BCUT2D eigenvalue weighted by molar-refractivity contribution is -0.138. The van der Waals surface area contributed by atoms with Crippen molar-refractivity contribution in [2.45, 2.75) is 254 Å². The number of H-pyrrole nitrogens is 1. The summed E-state index contributed by atoms with van der Waals surface area (Å²) in [6.07, 6.45) is -1.94. The summed E-state index contributed by atoms with van der Waals surface area (Å²) in [6, 6.07) is 7.31. The van der Waals surface area contributed by atoms with Gasteiger partial charge in [-0.3, -0.25) is 81.5 Å². The zero-order valence-corrected chi connectivity index (χ0v) is 75.4. The number of nitrogens with two attached hydrogens (primary N) is 4. The van der Waals surface area contributed by atoms with Gasteiger partial charge in [-0.25, -0.2) is 0 Å². The monoisotopic (exact) mass is 1800 g/mol. The average molecular weight is 1810 g/mol. The van der Waals surface area contributed by atoms with Crippen molar-refractivity contribution in [2.75, 3.05) is 39.3 Å². The quantitative estimate of drug-likeness (QED) is 0.0175. The van der Waals surface area contributed by atoms with E-state index >= 15 is 28.8 Å². The van der Waals surface area contributed by atoms with Gasteiger partial charge in [-0.15, -0.1) is 0 Å². The fourth-order valence-electron chi connectivity index (χ4n) is 14.1. The molecule has 0 radical (unpaired) electrons. The molecule has 0 saturated carbocycles. The molecular formula is C87H125N19O19S2. The van der Waals surface area contributed by atoms with Gasteiger partial charge in [0.15, 0.2) is 0 Å². The van der Waals surface area contributed by atoms with Crippen molar-refractivity contribution in [1.82, 2.24) is 79.4 Å². The molecule has 1 aliphatic rings. The van der Waals surface area contributed by atoms with Gasteiger partial charge >= 0.3 is 0 Å². The molecule has 1 fully saturated rings. The van der Waals surface area contributed by atoms with E-state index < -0.39 is 177 Å². The van der Waals surface area contributed by atoms with Gasteiger partial charge < -0.3 is 112 Å². The molecule has 694 valence electrons. The van der Waals surface area contributed by atoms with E-state index in [0.29, 0.717) is 46.2 Å². The highest BCUT2D eigenvalue weighted by atomic mass is 33.1. The fourth-order valence-corrected chi connectivity index (χ4v) is 16.9. The zero-order chi connectivity index (χ0) is 94.0. The van der Waals surface area contributed by atoms with Crippen LogP contribution in [0.5, 0.6) is 5.75 Å². The molecule has 0 bridgehead atoms. The molecule has 40 heteroatoms. The number of amides is 16. The Balaban J connectivity index is 1.54. The number of aliphatic hydroxyl groups excluding tert-OH is 1. The molecule has 1 aliphatic heterocycles. The van der Waals surface area contributed by atoms with Gasteiger partial charge in [0.2, 0.25) is 94.5 Å². The van der Waals surface area contributed by atoms with Crippen LogP contribution in [0, 0.1) is 6.92 Å². The maximum atomic E-state index is 16.3. The Morgan fingerprint density at radius 3 is 1.80 bits per heavy atom. The van der Waals surface area contributed by atoms with E-state index in [9.17, 15) is 57.8 Å². The predicted octanol–water partition coefficient (Wildman–Crippen LogP) is -0.341. The molecule has 24 N–H and O–H groups in total.